The molecule has 166 valence electrons. The Hall–Kier alpha value is -2.71. The van der Waals surface area contributed by atoms with Crippen molar-refractivity contribution >= 4 is 23.4 Å². The molecule has 0 saturated carbocycles. The van der Waals surface area contributed by atoms with Gasteiger partial charge in [0, 0.05) is 36.5 Å². The first-order valence-corrected chi connectivity index (χ1v) is 11.5. The number of nitrogens with zero attached hydrogens (tertiary/aromatic N) is 1. The van der Waals surface area contributed by atoms with Crippen LogP contribution in [0.5, 0.6) is 0 Å². The van der Waals surface area contributed by atoms with Crippen LogP contribution in [-0.2, 0) is 20.9 Å². The van der Waals surface area contributed by atoms with Crippen molar-refractivity contribution in [3.63, 3.8) is 0 Å². The molecule has 7 heteroatoms. The molecule has 1 aromatic heterocycles. The molecule has 2 aromatic carbocycles. The molecule has 0 spiro atoms. The maximum Gasteiger partial charge on any atom is 0.221 e. The molecular weight excluding hydrogens is 424 g/mol. The lowest BCUT2D eigenvalue weighted by Crippen LogP contribution is -2.31. The summed E-state index contributed by atoms with van der Waals surface area (Å²) < 4.78 is 12.7. The Labute approximate surface area is 192 Å². The Morgan fingerprint density at radius 3 is 2.47 bits per heavy atom. The van der Waals surface area contributed by atoms with E-state index in [4.69, 9.17) is 9.47 Å². The van der Waals surface area contributed by atoms with E-state index in [0.717, 1.165) is 39.6 Å². The fourth-order valence-electron chi connectivity index (χ4n) is 3.56. The molecule has 3 atom stereocenters. The molecule has 2 heterocycles. The first-order valence-electron chi connectivity index (χ1n) is 10.5. The minimum Gasteiger partial charge on any atom is -0.392 e. The zero-order chi connectivity index (χ0) is 22.3. The van der Waals surface area contributed by atoms with Gasteiger partial charge in [0.25, 0.3) is 0 Å². The summed E-state index contributed by atoms with van der Waals surface area (Å²) in [6.45, 7) is 1.50. The van der Waals surface area contributed by atoms with Gasteiger partial charge in [0.05, 0.1) is 23.8 Å². The van der Waals surface area contributed by atoms with E-state index in [2.05, 4.69) is 10.3 Å². The van der Waals surface area contributed by atoms with Crippen molar-refractivity contribution in [3.05, 3.63) is 89.6 Å². The van der Waals surface area contributed by atoms with Crippen LogP contribution in [0.4, 0.5) is 5.69 Å². The quantitative estimate of drug-likeness (QED) is 0.500. The molecule has 2 N–H and O–H groups in total. The number of aliphatic hydroxyl groups is 1. The summed E-state index contributed by atoms with van der Waals surface area (Å²) in [6, 6.07) is 21.2. The lowest BCUT2D eigenvalue weighted by molar-refractivity contribution is -0.245. The lowest BCUT2D eigenvalue weighted by atomic mass is 10.0. The first kappa shape index (κ1) is 22.5. The number of amides is 1. The van der Waals surface area contributed by atoms with Crippen molar-refractivity contribution in [1.82, 2.24) is 4.98 Å². The third-order valence-corrected chi connectivity index (χ3v) is 6.25. The predicted octanol–water partition coefficient (Wildman–Crippen LogP) is 4.87. The molecule has 1 aliphatic rings. The highest BCUT2D eigenvalue weighted by molar-refractivity contribution is 7.99. The van der Waals surface area contributed by atoms with Crippen molar-refractivity contribution in [2.45, 2.75) is 43.5 Å². The summed E-state index contributed by atoms with van der Waals surface area (Å²) in [5, 5.41) is 13.1. The number of benzene rings is 2. The standard InChI is InChI=1S/C25H26N2O4S/c1-17(29)27-21-11-9-20(10-12-21)25-30-22(16-32-24-4-2-3-13-26-24)14-23(31-25)19-7-5-18(15-28)6-8-19/h2-13,22-23,25,28H,14-16H2,1H3,(H,27,29)/t22-,23+,25+/m0/s1. The Morgan fingerprint density at radius 2 is 1.81 bits per heavy atom. The molecule has 6 nitrogen and oxygen atoms in total. The van der Waals surface area contributed by atoms with E-state index in [1.807, 2.05) is 66.7 Å². The maximum absolute atomic E-state index is 11.3. The fraction of sp³-hybridized carbons (Fsp3) is 0.280. The largest absolute Gasteiger partial charge is 0.392 e. The lowest BCUT2D eigenvalue weighted by Gasteiger charge is -2.36. The number of ether oxygens (including phenoxy) is 2. The van der Waals surface area contributed by atoms with Crippen molar-refractivity contribution in [2.24, 2.45) is 0 Å². The Morgan fingerprint density at radius 1 is 1.06 bits per heavy atom. The van der Waals surface area contributed by atoms with Crippen LogP contribution in [0.3, 0.4) is 0 Å². The number of thioether (sulfide) groups is 1. The SMILES string of the molecule is CC(=O)Nc1ccc([C@@H]2O[C@H](CSc3ccccn3)C[C@H](c3ccc(CO)cc3)O2)cc1. The van der Waals surface area contributed by atoms with Gasteiger partial charge >= 0.3 is 0 Å². The van der Waals surface area contributed by atoms with E-state index in [9.17, 15) is 9.90 Å². The van der Waals surface area contributed by atoms with Crippen LogP contribution in [0.1, 0.15) is 42.4 Å². The molecule has 0 aliphatic carbocycles. The predicted molar refractivity (Wildman–Crippen MR) is 124 cm³/mol. The second kappa shape index (κ2) is 10.7. The summed E-state index contributed by atoms with van der Waals surface area (Å²) in [5.41, 5.74) is 3.55. The Kier molecular flexibility index (Phi) is 7.55. The molecule has 1 aliphatic heterocycles. The molecule has 0 unspecified atom stereocenters. The van der Waals surface area contributed by atoms with Crippen molar-refractivity contribution < 1.29 is 19.4 Å². The summed E-state index contributed by atoms with van der Waals surface area (Å²) in [6.07, 6.45) is 1.83. The molecule has 32 heavy (non-hydrogen) atoms. The van der Waals surface area contributed by atoms with Gasteiger partial charge in [-0.1, -0.05) is 42.5 Å². The molecular formula is C25H26N2O4S. The molecule has 4 rings (SSSR count). The van der Waals surface area contributed by atoms with Crippen LogP contribution in [0, 0.1) is 0 Å². The topological polar surface area (TPSA) is 80.7 Å². The van der Waals surface area contributed by atoms with Crippen LogP contribution in [0.25, 0.3) is 0 Å². The van der Waals surface area contributed by atoms with Crippen LogP contribution >= 0.6 is 11.8 Å². The number of anilines is 1. The van der Waals surface area contributed by atoms with E-state index < -0.39 is 6.29 Å². The number of pyridine rings is 1. The fourth-order valence-corrected chi connectivity index (χ4v) is 4.44. The van der Waals surface area contributed by atoms with Gasteiger partial charge in [-0.25, -0.2) is 4.98 Å². The van der Waals surface area contributed by atoms with Gasteiger partial charge in [0.1, 0.15) is 0 Å². The Balaban J connectivity index is 1.52. The van der Waals surface area contributed by atoms with Gasteiger partial charge in [-0.15, -0.1) is 11.8 Å². The summed E-state index contributed by atoms with van der Waals surface area (Å²) in [5.74, 6) is 0.646. The summed E-state index contributed by atoms with van der Waals surface area (Å²) in [4.78, 5) is 15.7. The molecule has 0 bridgehead atoms. The monoisotopic (exact) mass is 450 g/mol. The van der Waals surface area contributed by atoms with Gasteiger partial charge in [0.2, 0.25) is 5.91 Å². The molecule has 1 fully saturated rings. The van der Waals surface area contributed by atoms with E-state index >= 15 is 0 Å². The third-order valence-electron chi connectivity index (χ3n) is 5.17. The van der Waals surface area contributed by atoms with Gasteiger partial charge in [-0.2, -0.15) is 0 Å². The maximum atomic E-state index is 11.3. The van der Waals surface area contributed by atoms with E-state index in [0.29, 0.717) is 0 Å². The van der Waals surface area contributed by atoms with Crippen LogP contribution in [-0.4, -0.2) is 27.9 Å². The number of aliphatic hydroxyl groups excluding tert-OH is 1. The van der Waals surface area contributed by atoms with Gasteiger partial charge in [-0.3, -0.25) is 4.79 Å². The zero-order valence-electron chi connectivity index (χ0n) is 17.8. The molecule has 0 radical (unpaired) electrons. The number of hydrogen-bond donors (Lipinski definition) is 2. The molecule has 3 aromatic rings. The first-order chi connectivity index (χ1) is 15.6. The normalized spacial score (nSPS) is 20.6. The summed E-state index contributed by atoms with van der Waals surface area (Å²) in [7, 11) is 0. The van der Waals surface area contributed by atoms with Crippen LogP contribution in [0.15, 0.2) is 78.0 Å². The number of nitrogens with one attached hydrogen (secondary N) is 1. The van der Waals surface area contributed by atoms with Gasteiger partial charge in [-0.05, 0) is 35.4 Å². The molecule has 1 amide bonds. The van der Waals surface area contributed by atoms with Crippen LogP contribution in [0.2, 0.25) is 0 Å². The number of carbonyl (C=O) groups excluding carboxylic acids is 1. The van der Waals surface area contributed by atoms with E-state index in [1.165, 1.54) is 6.92 Å². The second-order valence-electron chi connectivity index (χ2n) is 7.63. The van der Waals surface area contributed by atoms with Gasteiger partial charge < -0.3 is 19.9 Å². The minimum absolute atomic E-state index is 0.0154. The Bertz CT molecular complexity index is 1010. The number of aromatic nitrogens is 1. The minimum atomic E-state index is -0.521. The number of rotatable bonds is 7. The zero-order valence-corrected chi connectivity index (χ0v) is 18.6. The summed E-state index contributed by atoms with van der Waals surface area (Å²) >= 11 is 1.66. The highest BCUT2D eigenvalue weighted by Gasteiger charge is 2.32. The smallest absolute Gasteiger partial charge is 0.221 e. The van der Waals surface area contributed by atoms with Gasteiger partial charge in [0.15, 0.2) is 6.29 Å². The average molecular weight is 451 g/mol. The number of carbonyl (C=O) groups is 1. The average Bonchev–Trinajstić information content (AvgIpc) is 2.83. The van der Waals surface area contributed by atoms with Crippen molar-refractivity contribution in [1.29, 1.82) is 0 Å². The highest BCUT2D eigenvalue weighted by Crippen LogP contribution is 2.39. The van der Waals surface area contributed by atoms with E-state index in [-0.39, 0.29) is 24.7 Å². The third kappa shape index (κ3) is 5.95. The molecule has 1 saturated heterocycles. The highest BCUT2D eigenvalue weighted by atomic mass is 32.2. The second-order valence-corrected chi connectivity index (χ2v) is 8.67. The van der Waals surface area contributed by atoms with E-state index in [1.54, 1.807) is 18.0 Å². The van der Waals surface area contributed by atoms with Crippen LogP contribution < -0.4 is 5.32 Å². The number of hydrogen-bond acceptors (Lipinski definition) is 6. The van der Waals surface area contributed by atoms with Crippen molar-refractivity contribution in [3.8, 4) is 0 Å². The van der Waals surface area contributed by atoms with Crippen molar-refractivity contribution in [2.75, 3.05) is 11.1 Å².